The van der Waals surface area contributed by atoms with E-state index < -0.39 is 0 Å². The maximum atomic E-state index is 5.92. The first-order chi connectivity index (χ1) is 7.07. The average molecular weight is 227 g/mol. The largest absolute Gasteiger partial charge is 0.396 e. The Labute approximate surface area is 96.8 Å². The number of rotatable bonds is 4. The molecule has 0 radical (unpaired) electrons. The zero-order chi connectivity index (χ0) is 11.4. The molecular formula is C12H19ClN2. The zero-order valence-electron chi connectivity index (χ0n) is 9.73. The van der Waals surface area contributed by atoms with Crippen LogP contribution in [0.25, 0.3) is 0 Å². The van der Waals surface area contributed by atoms with Crippen molar-refractivity contribution in [3.05, 3.63) is 22.0 Å². The van der Waals surface area contributed by atoms with E-state index in [0.29, 0.717) is 10.8 Å². The number of hydrogen-bond acceptors (Lipinski definition) is 2. The van der Waals surface area contributed by atoms with Gasteiger partial charge in [0.1, 0.15) is 0 Å². The number of unbranched alkanes of at least 4 members (excludes halogenated alkanes) is 2. The summed E-state index contributed by atoms with van der Waals surface area (Å²) in [4.78, 5) is 4.25. The first-order valence-corrected chi connectivity index (χ1v) is 5.86. The predicted molar refractivity (Wildman–Crippen MR) is 66.4 cm³/mol. The Hall–Kier alpha value is -0.760. The standard InChI is InChI=1S/C12H19ClN2/c1-4-5-6-7-10-8(2)11(14)12(13)15-9(10)3/h4-7,14H2,1-3H3. The summed E-state index contributed by atoms with van der Waals surface area (Å²) in [7, 11) is 0. The smallest absolute Gasteiger partial charge is 0.152 e. The first kappa shape index (κ1) is 12.3. The Kier molecular flexibility index (Phi) is 4.40. The van der Waals surface area contributed by atoms with E-state index in [1.54, 1.807) is 0 Å². The van der Waals surface area contributed by atoms with Crippen LogP contribution in [0.15, 0.2) is 0 Å². The number of anilines is 1. The highest BCUT2D eigenvalue weighted by atomic mass is 35.5. The van der Waals surface area contributed by atoms with Crippen LogP contribution < -0.4 is 5.73 Å². The molecule has 0 aliphatic carbocycles. The minimum absolute atomic E-state index is 0.434. The maximum absolute atomic E-state index is 5.92. The SMILES string of the molecule is CCCCCc1c(C)nc(Cl)c(N)c1C. The number of halogens is 1. The molecule has 0 atom stereocenters. The van der Waals surface area contributed by atoms with Crippen molar-refractivity contribution in [1.82, 2.24) is 4.98 Å². The second-order valence-electron chi connectivity index (χ2n) is 3.96. The monoisotopic (exact) mass is 226 g/mol. The summed E-state index contributed by atoms with van der Waals surface area (Å²) in [6, 6.07) is 0. The molecule has 0 aromatic carbocycles. The van der Waals surface area contributed by atoms with E-state index in [1.165, 1.54) is 24.8 Å². The molecule has 0 unspecified atom stereocenters. The van der Waals surface area contributed by atoms with Gasteiger partial charge in [-0.3, -0.25) is 0 Å². The predicted octanol–water partition coefficient (Wildman–Crippen LogP) is 3.67. The lowest BCUT2D eigenvalue weighted by Crippen LogP contribution is -2.03. The fourth-order valence-electron chi connectivity index (χ4n) is 1.78. The molecule has 2 nitrogen and oxygen atoms in total. The number of nitrogen functional groups attached to an aromatic ring is 1. The highest BCUT2D eigenvalue weighted by Gasteiger charge is 2.10. The summed E-state index contributed by atoms with van der Waals surface area (Å²) in [5, 5.41) is 0.434. The Balaban J connectivity index is 2.92. The summed E-state index contributed by atoms with van der Waals surface area (Å²) < 4.78 is 0. The third kappa shape index (κ3) is 2.85. The number of nitrogens with two attached hydrogens (primary N) is 1. The number of nitrogens with zero attached hydrogens (tertiary/aromatic N) is 1. The van der Waals surface area contributed by atoms with Gasteiger partial charge in [-0.25, -0.2) is 4.98 Å². The van der Waals surface area contributed by atoms with Gasteiger partial charge in [-0.2, -0.15) is 0 Å². The highest BCUT2D eigenvalue weighted by Crippen LogP contribution is 2.26. The molecule has 2 N–H and O–H groups in total. The Morgan fingerprint density at radius 3 is 2.53 bits per heavy atom. The van der Waals surface area contributed by atoms with Crippen LogP contribution in [0.5, 0.6) is 0 Å². The van der Waals surface area contributed by atoms with Crippen LogP contribution in [0.1, 0.15) is 43.0 Å². The minimum Gasteiger partial charge on any atom is -0.396 e. The van der Waals surface area contributed by atoms with E-state index in [9.17, 15) is 0 Å². The summed E-state index contributed by atoms with van der Waals surface area (Å²) >= 11 is 5.92. The van der Waals surface area contributed by atoms with Gasteiger partial charge >= 0.3 is 0 Å². The lowest BCUT2D eigenvalue weighted by atomic mass is 10.0. The summed E-state index contributed by atoms with van der Waals surface area (Å²) in [6.45, 7) is 6.23. The van der Waals surface area contributed by atoms with Crippen LogP contribution in [0.2, 0.25) is 5.15 Å². The van der Waals surface area contributed by atoms with Gasteiger partial charge in [0, 0.05) is 5.69 Å². The van der Waals surface area contributed by atoms with Crippen LogP contribution in [0.3, 0.4) is 0 Å². The Morgan fingerprint density at radius 1 is 1.27 bits per heavy atom. The van der Waals surface area contributed by atoms with Crippen LogP contribution >= 0.6 is 11.6 Å². The van der Waals surface area contributed by atoms with Gasteiger partial charge in [-0.1, -0.05) is 31.4 Å². The summed E-state index contributed by atoms with van der Waals surface area (Å²) in [6.07, 6.45) is 4.73. The molecule has 0 fully saturated rings. The topological polar surface area (TPSA) is 38.9 Å². The molecule has 0 spiro atoms. The first-order valence-electron chi connectivity index (χ1n) is 5.49. The number of aryl methyl sites for hydroxylation is 1. The highest BCUT2D eigenvalue weighted by molar-refractivity contribution is 6.32. The molecular weight excluding hydrogens is 208 g/mol. The van der Waals surface area contributed by atoms with E-state index >= 15 is 0 Å². The van der Waals surface area contributed by atoms with Crippen molar-refractivity contribution in [3.63, 3.8) is 0 Å². The molecule has 84 valence electrons. The fourth-order valence-corrected chi connectivity index (χ4v) is 2.05. The van der Waals surface area contributed by atoms with E-state index in [2.05, 4.69) is 11.9 Å². The third-order valence-corrected chi connectivity index (χ3v) is 3.10. The zero-order valence-corrected chi connectivity index (χ0v) is 10.5. The normalized spacial score (nSPS) is 10.7. The molecule has 0 saturated heterocycles. The Bertz CT molecular complexity index is 348. The van der Waals surface area contributed by atoms with Gasteiger partial charge in [0.25, 0.3) is 0 Å². The van der Waals surface area contributed by atoms with E-state index in [0.717, 1.165) is 17.7 Å². The minimum atomic E-state index is 0.434. The van der Waals surface area contributed by atoms with Crippen LogP contribution in [-0.2, 0) is 6.42 Å². The van der Waals surface area contributed by atoms with Crippen LogP contribution in [0, 0.1) is 13.8 Å². The molecule has 0 aliphatic heterocycles. The quantitative estimate of drug-likeness (QED) is 0.629. The van der Waals surface area contributed by atoms with Crippen molar-refractivity contribution in [2.75, 3.05) is 5.73 Å². The van der Waals surface area contributed by atoms with Crippen molar-refractivity contribution in [2.24, 2.45) is 0 Å². The molecule has 0 amide bonds. The average Bonchev–Trinajstić information content (AvgIpc) is 2.20. The van der Waals surface area contributed by atoms with Gasteiger partial charge in [-0.05, 0) is 37.8 Å². The molecule has 0 saturated carbocycles. The summed E-state index contributed by atoms with van der Waals surface area (Å²) in [5.74, 6) is 0. The molecule has 0 aliphatic rings. The molecule has 1 heterocycles. The maximum Gasteiger partial charge on any atom is 0.152 e. The van der Waals surface area contributed by atoms with Crippen molar-refractivity contribution >= 4 is 17.3 Å². The van der Waals surface area contributed by atoms with Gasteiger partial charge in [0.2, 0.25) is 0 Å². The van der Waals surface area contributed by atoms with Gasteiger partial charge in [0.05, 0.1) is 5.69 Å². The second kappa shape index (κ2) is 5.36. The summed E-state index contributed by atoms with van der Waals surface area (Å²) in [5.41, 5.74) is 9.88. The van der Waals surface area contributed by atoms with Crippen LogP contribution in [0.4, 0.5) is 5.69 Å². The second-order valence-corrected chi connectivity index (χ2v) is 4.32. The van der Waals surface area contributed by atoms with E-state index in [-0.39, 0.29) is 0 Å². The van der Waals surface area contributed by atoms with Crippen molar-refractivity contribution in [2.45, 2.75) is 46.5 Å². The molecule has 1 rings (SSSR count). The molecule has 3 heteroatoms. The lowest BCUT2D eigenvalue weighted by molar-refractivity contribution is 0.711. The molecule has 1 aromatic rings. The third-order valence-electron chi connectivity index (χ3n) is 2.81. The fraction of sp³-hybridized carbons (Fsp3) is 0.583. The van der Waals surface area contributed by atoms with Gasteiger partial charge in [-0.15, -0.1) is 0 Å². The number of pyridine rings is 1. The van der Waals surface area contributed by atoms with Crippen molar-refractivity contribution in [3.8, 4) is 0 Å². The molecule has 1 aromatic heterocycles. The lowest BCUT2D eigenvalue weighted by Gasteiger charge is -2.12. The van der Waals surface area contributed by atoms with E-state index in [1.807, 2.05) is 13.8 Å². The Morgan fingerprint density at radius 2 is 1.93 bits per heavy atom. The molecule has 15 heavy (non-hydrogen) atoms. The molecule has 0 bridgehead atoms. The van der Waals surface area contributed by atoms with Crippen molar-refractivity contribution in [1.29, 1.82) is 0 Å². The van der Waals surface area contributed by atoms with Gasteiger partial charge < -0.3 is 5.73 Å². The number of hydrogen-bond donors (Lipinski definition) is 1. The number of aromatic nitrogens is 1. The van der Waals surface area contributed by atoms with Crippen LogP contribution in [-0.4, -0.2) is 4.98 Å². The van der Waals surface area contributed by atoms with Gasteiger partial charge in [0.15, 0.2) is 5.15 Å². The van der Waals surface area contributed by atoms with Crippen molar-refractivity contribution < 1.29 is 0 Å². The van der Waals surface area contributed by atoms with E-state index in [4.69, 9.17) is 17.3 Å².